The third-order valence-electron chi connectivity index (χ3n) is 2.72. The van der Waals surface area contributed by atoms with Crippen molar-refractivity contribution in [2.24, 2.45) is 0 Å². The largest absolute Gasteiger partial charge is 0.464 e. The van der Waals surface area contributed by atoms with E-state index in [1.165, 1.54) is 13.3 Å². The van der Waals surface area contributed by atoms with Gasteiger partial charge in [-0.25, -0.2) is 14.2 Å². The second-order valence-electron chi connectivity index (χ2n) is 3.98. The molecule has 0 fully saturated rings. The maximum atomic E-state index is 14.0. The van der Waals surface area contributed by atoms with E-state index in [0.29, 0.717) is 20.3 Å². The first-order valence-corrected chi connectivity index (χ1v) is 6.62. The molecule has 0 atom stereocenters. The maximum Gasteiger partial charge on any atom is 0.357 e. The van der Waals surface area contributed by atoms with Gasteiger partial charge in [-0.1, -0.05) is 18.2 Å². The van der Waals surface area contributed by atoms with Crippen LogP contribution in [0.2, 0.25) is 0 Å². The SMILES string of the molecule is COC(=O)c1ncc(-c2cccc(C)c2F)cc1I. The van der Waals surface area contributed by atoms with Crippen LogP contribution >= 0.6 is 22.6 Å². The molecule has 1 heterocycles. The number of esters is 1. The van der Waals surface area contributed by atoms with Gasteiger partial charge in [-0.05, 0) is 41.1 Å². The van der Waals surface area contributed by atoms with Crippen molar-refractivity contribution in [3.63, 3.8) is 0 Å². The fourth-order valence-corrected chi connectivity index (χ4v) is 2.40. The van der Waals surface area contributed by atoms with Gasteiger partial charge in [0.25, 0.3) is 0 Å². The van der Waals surface area contributed by atoms with Gasteiger partial charge in [0.1, 0.15) is 5.82 Å². The van der Waals surface area contributed by atoms with Gasteiger partial charge in [-0.2, -0.15) is 0 Å². The molecule has 19 heavy (non-hydrogen) atoms. The summed E-state index contributed by atoms with van der Waals surface area (Å²) in [6.45, 7) is 1.71. The Hall–Kier alpha value is -1.50. The molecule has 3 nitrogen and oxygen atoms in total. The quantitative estimate of drug-likeness (QED) is 0.599. The molecular weight excluding hydrogens is 360 g/mol. The average molecular weight is 371 g/mol. The zero-order valence-electron chi connectivity index (χ0n) is 10.4. The van der Waals surface area contributed by atoms with E-state index in [9.17, 15) is 9.18 Å². The first-order chi connectivity index (χ1) is 9.04. The molecule has 1 aromatic carbocycles. The van der Waals surface area contributed by atoms with E-state index in [0.717, 1.165) is 0 Å². The molecule has 0 amide bonds. The van der Waals surface area contributed by atoms with Gasteiger partial charge in [-0.15, -0.1) is 0 Å². The summed E-state index contributed by atoms with van der Waals surface area (Å²) >= 11 is 1.99. The van der Waals surface area contributed by atoms with Crippen LogP contribution in [0.1, 0.15) is 16.1 Å². The second kappa shape index (κ2) is 5.64. The number of carbonyl (C=O) groups is 1. The number of halogens is 2. The summed E-state index contributed by atoms with van der Waals surface area (Å²) in [7, 11) is 1.30. The molecule has 0 aliphatic carbocycles. The molecule has 0 aliphatic rings. The highest BCUT2D eigenvalue weighted by atomic mass is 127. The highest BCUT2D eigenvalue weighted by Gasteiger charge is 2.14. The molecule has 1 aromatic heterocycles. The number of benzene rings is 1. The lowest BCUT2D eigenvalue weighted by Crippen LogP contribution is -2.07. The number of ether oxygens (including phenoxy) is 1. The Morgan fingerprint density at radius 1 is 1.42 bits per heavy atom. The smallest absolute Gasteiger partial charge is 0.357 e. The Balaban J connectivity index is 2.51. The number of rotatable bonds is 2. The van der Waals surface area contributed by atoms with Crippen molar-refractivity contribution in [3.05, 3.63) is 51.1 Å². The van der Waals surface area contributed by atoms with Crippen LogP contribution < -0.4 is 0 Å². The molecule has 0 unspecified atom stereocenters. The van der Waals surface area contributed by atoms with Crippen molar-refractivity contribution >= 4 is 28.6 Å². The van der Waals surface area contributed by atoms with Gasteiger partial charge < -0.3 is 4.74 Å². The lowest BCUT2D eigenvalue weighted by Gasteiger charge is -2.07. The summed E-state index contributed by atoms with van der Waals surface area (Å²) in [6, 6.07) is 6.90. The average Bonchev–Trinajstić information content (AvgIpc) is 2.41. The number of pyridine rings is 1. The van der Waals surface area contributed by atoms with Gasteiger partial charge in [0.2, 0.25) is 0 Å². The minimum atomic E-state index is -0.499. The molecule has 2 aromatic rings. The molecule has 5 heteroatoms. The molecule has 0 bridgehead atoms. The third-order valence-corrected chi connectivity index (χ3v) is 3.55. The van der Waals surface area contributed by atoms with Crippen LogP contribution in [0.4, 0.5) is 4.39 Å². The number of aryl methyl sites for hydroxylation is 1. The molecule has 0 radical (unpaired) electrons. The lowest BCUT2D eigenvalue weighted by atomic mass is 10.0. The van der Waals surface area contributed by atoms with Gasteiger partial charge >= 0.3 is 5.97 Å². The van der Waals surface area contributed by atoms with Crippen LogP contribution in [-0.2, 0) is 4.74 Å². The van der Waals surface area contributed by atoms with E-state index in [1.807, 2.05) is 22.6 Å². The Morgan fingerprint density at radius 3 is 2.79 bits per heavy atom. The van der Waals surface area contributed by atoms with Gasteiger partial charge in [-0.3, -0.25) is 0 Å². The predicted octanol–water partition coefficient (Wildman–Crippen LogP) is 3.59. The molecule has 0 spiro atoms. The Kier molecular flexibility index (Phi) is 4.14. The van der Waals surface area contributed by atoms with Crippen molar-refractivity contribution in [2.45, 2.75) is 6.92 Å². The van der Waals surface area contributed by atoms with Crippen LogP contribution in [0, 0.1) is 16.3 Å². The van der Waals surface area contributed by atoms with E-state index in [2.05, 4.69) is 9.72 Å². The fraction of sp³-hybridized carbons (Fsp3) is 0.143. The zero-order chi connectivity index (χ0) is 14.0. The number of nitrogens with zero attached hydrogens (tertiary/aromatic N) is 1. The van der Waals surface area contributed by atoms with Crippen molar-refractivity contribution in [2.75, 3.05) is 7.11 Å². The standard InChI is InChI=1S/C14H11FINO2/c1-8-4-3-5-10(12(8)15)9-6-11(16)13(17-7-9)14(18)19-2/h3-7H,1-2H3. The summed E-state index contributed by atoms with van der Waals surface area (Å²) in [5.74, 6) is -0.772. The van der Waals surface area contributed by atoms with Crippen LogP contribution in [0.5, 0.6) is 0 Å². The first-order valence-electron chi connectivity index (χ1n) is 5.54. The van der Waals surface area contributed by atoms with Crippen molar-refractivity contribution in [1.82, 2.24) is 4.98 Å². The molecule has 0 N–H and O–H groups in total. The number of hydrogen-bond acceptors (Lipinski definition) is 3. The summed E-state index contributed by atoms with van der Waals surface area (Å²) in [5.41, 5.74) is 1.92. The van der Waals surface area contributed by atoms with Gasteiger partial charge in [0.15, 0.2) is 5.69 Å². The summed E-state index contributed by atoms with van der Waals surface area (Å²) in [6.07, 6.45) is 1.48. The minimum Gasteiger partial charge on any atom is -0.464 e. The van der Waals surface area contributed by atoms with Gasteiger partial charge in [0, 0.05) is 20.9 Å². The number of hydrogen-bond donors (Lipinski definition) is 0. The third kappa shape index (κ3) is 2.75. The maximum absolute atomic E-state index is 14.0. The number of aromatic nitrogens is 1. The van der Waals surface area contributed by atoms with Crippen LogP contribution in [0.25, 0.3) is 11.1 Å². The van der Waals surface area contributed by atoms with E-state index in [1.54, 1.807) is 31.2 Å². The van der Waals surface area contributed by atoms with E-state index < -0.39 is 5.97 Å². The molecule has 2 rings (SSSR count). The van der Waals surface area contributed by atoms with Crippen LogP contribution in [-0.4, -0.2) is 18.1 Å². The molecular formula is C14H11FINO2. The molecule has 0 aliphatic heterocycles. The zero-order valence-corrected chi connectivity index (χ0v) is 12.6. The Morgan fingerprint density at radius 2 is 2.16 bits per heavy atom. The molecule has 0 saturated carbocycles. The van der Waals surface area contributed by atoms with Crippen molar-refractivity contribution in [1.29, 1.82) is 0 Å². The number of carbonyl (C=O) groups excluding carboxylic acids is 1. The highest BCUT2D eigenvalue weighted by Crippen LogP contribution is 2.26. The summed E-state index contributed by atoms with van der Waals surface area (Å²) in [4.78, 5) is 15.5. The normalized spacial score (nSPS) is 10.3. The van der Waals surface area contributed by atoms with Crippen LogP contribution in [0.15, 0.2) is 30.5 Å². The topological polar surface area (TPSA) is 39.2 Å². The van der Waals surface area contributed by atoms with Crippen LogP contribution in [0.3, 0.4) is 0 Å². The highest BCUT2D eigenvalue weighted by molar-refractivity contribution is 14.1. The lowest BCUT2D eigenvalue weighted by molar-refractivity contribution is 0.0593. The van der Waals surface area contributed by atoms with Crippen molar-refractivity contribution in [3.8, 4) is 11.1 Å². The monoisotopic (exact) mass is 371 g/mol. The Bertz CT molecular complexity index is 643. The molecule has 98 valence electrons. The minimum absolute atomic E-state index is 0.236. The molecule has 0 saturated heterocycles. The van der Waals surface area contributed by atoms with E-state index >= 15 is 0 Å². The van der Waals surface area contributed by atoms with E-state index in [-0.39, 0.29) is 11.5 Å². The fourth-order valence-electron chi connectivity index (χ4n) is 1.70. The number of methoxy groups -OCH3 is 1. The van der Waals surface area contributed by atoms with Gasteiger partial charge in [0.05, 0.1) is 7.11 Å². The Labute approximate surface area is 124 Å². The summed E-state index contributed by atoms with van der Waals surface area (Å²) in [5, 5.41) is 0. The van der Waals surface area contributed by atoms with E-state index in [4.69, 9.17) is 0 Å². The first kappa shape index (κ1) is 13.9. The summed E-state index contributed by atoms with van der Waals surface area (Å²) < 4.78 is 19.3. The van der Waals surface area contributed by atoms with Crippen molar-refractivity contribution < 1.29 is 13.9 Å². The second-order valence-corrected chi connectivity index (χ2v) is 5.14. The predicted molar refractivity (Wildman–Crippen MR) is 78.4 cm³/mol.